The van der Waals surface area contributed by atoms with Gasteiger partial charge in [0.25, 0.3) is 0 Å². The van der Waals surface area contributed by atoms with Crippen LogP contribution in [0.2, 0.25) is 5.02 Å². The molecule has 3 nitrogen and oxygen atoms in total. The van der Waals surface area contributed by atoms with Gasteiger partial charge in [-0.05, 0) is 12.1 Å². The molecule has 0 saturated heterocycles. The van der Waals surface area contributed by atoms with E-state index in [1.807, 2.05) is 42.7 Å². The average molecular weight is 263 g/mol. The van der Waals surface area contributed by atoms with Crippen molar-refractivity contribution in [3.8, 4) is 0 Å². The third-order valence-electron chi connectivity index (χ3n) is 2.58. The van der Waals surface area contributed by atoms with Crippen LogP contribution in [-0.4, -0.2) is 8.75 Å². The molecule has 5 heteroatoms. The fourth-order valence-electron chi connectivity index (χ4n) is 1.75. The topological polar surface area (TPSA) is 29.7 Å². The molecule has 3 rings (SSSR count). The van der Waals surface area contributed by atoms with Crippen LogP contribution in [0.15, 0.2) is 42.7 Å². The van der Waals surface area contributed by atoms with Gasteiger partial charge in [-0.1, -0.05) is 17.7 Å². The smallest absolute Gasteiger partial charge is 0.176 e. The summed E-state index contributed by atoms with van der Waals surface area (Å²) >= 11 is 7.27. The van der Waals surface area contributed by atoms with Gasteiger partial charge in [0, 0.05) is 17.7 Å². The van der Waals surface area contributed by atoms with Crippen LogP contribution >= 0.6 is 23.3 Å². The van der Waals surface area contributed by atoms with E-state index in [0.29, 0.717) is 5.02 Å². The largest absolute Gasteiger partial charge is 0.201 e. The van der Waals surface area contributed by atoms with E-state index in [2.05, 4.69) is 13.3 Å². The first-order valence-corrected chi connectivity index (χ1v) is 6.29. The summed E-state index contributed by atoms with van der Waals surface area (Å²) in [5, 5.41) is 0.663. The number of rotatable bonds is 2. The molecular formula is C12H9ClN3S+. The van der Waals surface area contributed by atoms with Crippen molar-refractivity contribution in [3.05, 3.63) is 53.3 Å². The van der Waals surface area contributed by atoms with Crippen molar-refractivity contribution in [2.24, 2.45) is 0 Å². The SMILES string of the molecule is Clc1ccc(C[n+]2ccccc2)c2nsnc12. The van der Waals surface area contributed by atoms with Gasteiger partial charge in [0.15, 0.2) is 18.9 Å². The van der Waals surface area contributed by atoms with Crippen LogP contribution in [0.1, 0.15) is 5.56 Å². The molecule has 0 aliphatic heterocycles. The van der Waals surface area contributed by atoms with E-state index in [4.69, 9.17) is 11.6 Å². The number of benzene rings is 1. The Morgan fingerprint density at radius 1 is 1.06 bits per heavy atom. The zero-order valence-electron chi connectivity index (χ0n) is 8.88. The van der Waals surface area contributed by atoms with Crippen LogP contribution in [0.5, 0.6) is 0 Å². The van der Waals surface area contributed by atoms with E-state index in [-0.39, 0.29) is 0 Å². The minimum absolute atomic E-state index is 0.663. The highest BCUT2D eigenvalue weighted by Crippen LogP contribution is 2.24. The molecule has 0 aliphatic carbocycles. The third-order valence-corrected chi connectivity index (χ3v) is 3.41. The Balaban J connectivity index is 2.07. The number of nitrogens with zero attached hydrogens (tertiary/aromatic N) is 3. The predicted octanol–water partition coefficient (Wildman–Crippen LogP) is 2.68. The summed E-state index contributed by atoms with van der Waals surface area (Å²) in [6, 6.07) is 9.90. The Hall–Kier alpha value is -1.52. The molecule has 3 aromatic rings. The Morgan fingerprint density at radius 2 is 1.82 bits per heavy atom. The van der Waals surface area contributed by atoms with E-state index in [1.165, 1.54) is 11.7 Å². The summed E-state index contributed by atoms with van der Waals surface area (Å²) in [5.41, 5.74) is 2.83. The van der Waals surface area contributed by atoms with Crippen LogP contribution < -0.4 is 4.57 Å². The maximum Gasteiger partial charge on any atom is 0.176 e. The number of fused-ring (bicyclic) bond motifs is 1. The van der Waals surface area contributed by atoms with Crippen LogP contribution in [0.3, 0.4) is 0 Å². The summed E-state index contributed by atoms with van der Waals surface area (Å²) in [5.74, 6) is 0. The highest BCUT2D eigenvalue weighted by molar-refractivity contribution is 7.00. The average Bonchev–Trinajstić information content (AvgIpc) is 2.84. The molecule has 0 amide bonds. The molecule has 0 bridgehead atoms. The van der Waals surface area contributed by atoms with Crippen molar-refractivity contribution in [1.29, 1.82) is 0 Å². The van der Waals surface area contributed by atoms with E-state index in [9.17, 15) is 0 Å². The van der Waals surface area contributed by atoms with Gasteiger partial charge in [0.1, 0.15) is 11.0 Å². The summed E-state index contributed by atoms with van der Waals surface area (Å²) in [7, 11) is 0. The van der Waals surface area contributed by atoms with Crippen molar-refractivity contribution in [1.82, 2.24) is 8.75 Å². The highest BCUT2D eigenvalue weighted by Gasteiger charge is 2.12. The molecule has 0 saturated carbocycles. The van der Waals surface area contributed by atoms with Crippen molar-refractivity contribution >= 4 is 34.4 Å². The second-order valence-electron chi connectivity index (χ2n) is 3.72. The maximum absolute atomic E-state index is 6.07. The first kappa shape index (κ1) is 10.6. The monoisotopic (exact) mass is 262 g/mol. The molecule has 17 heavy (non-hydrogen) atoms. The lowest BCUT2D eigenvalue weighted by atomic mass is 10.2. The lowest BCUT2D eigenvalue weighted by molar-refractivity contribution is -0.688. The van der Waals surface area contributed by atoms with E-state index < -0.39 is 0 Å². The molecule has 0 unspecified atom stereocenters. The quantitative estimate of drug-likeness (QED) is 0.665. The van der Waals surface area contributed by atoms with Crippen LogP contribution in [0.4, 0.5) is 0 Å². The Kier molecular flexibility index (Phi) is 2.74. The Bertz CT molecular complexity index is 651. The number of hydrogen-bond acceptors (Lipinski definition) is 3. The van der Waals surface area contributed by atoms with Crippen molar-refractivity contribution < 1.29 is 4.57 Å². The molecule has 0 aliphatic rings. The molecule has 0 spiro atoms. The zero-order valence-corrected chi connectivity index (χ0v) is 10.4. The van der Waals surface area contributed by atoms with E-state index in [1.54, 1.807) is 0 Å². The second-order valence-corrected chi connectivity index (χ2v) is 4.65. The van der Waals surface area contributed by atoms with Crippen molar-refractivity contribution in [2.45, 2.75) is 6.54 Å². The summed E-state index contributed by atoms with van der Waals surface area (Å²) in [4.78, 5) is 0. The molecular weight excluding hydrogens is 254 g/mol. The molecule has 84 valence electrons. The van der Waals surface area contributed by atoms with Gasteiger partial charge in [-0.3, -0.25) is 0 Å². The maximum atomic E-state index is 6.07. The van der Waals surface area contributed by atoms with Gasteiger partial charge in [-0.25, -0.2) is 4.57 Å². The molecule has 0 radical (unpaired) electrons. The van der Waals surface area contributed by atoms with E-state index in [0.717, 1.165) is 23.1 Å². The minimum atomic E-state index is 0.663. The fourth-order valence-corrected chi connectivity index (χ4v) is 2.59. The molecule has 2 heterocycles. The van der Waals surface area contributed by atoms with Gasteiger partial charge in [0.2, 0.25) is 0 Å². The number of aromatic nitrogens is 3. The first-order valence-electron chi connectivity index (χ1n) is 5.18. The van der Waals surface area contributed by atoms with Gasteiger partial charge in [0.05, 0.1) is 16.8 Å². The van der Waals surface area contributed by atoms with Crippen LogP contribution in [0, 0.1) is 0 Å². The van der Waals surface area contributed by atoms with Gasteiger partial charge in [-0.2, -0.15) is 8.75 Å². The third kappa shape index (κ3) is 2.01. The standard InChI is InChI=1S/C12H9ClN3S/c13-10-5-4-9(11-12(10)15-17-14-11)8-16-6-2-1-3-7-16/h1-7H,8H2/q+1. The molecule has 0 fully saturated rings. The Morgan fingerprint density at radius 3 is 2.65 bits per heavy atom. The molecule has 2 aromatic heterocycles. The van der Waals surface area contributed by atoms with Gasteiger partial charge < -0.3 is 0 Å². The normalized spacial score (nSPS) is 10.9. The fraction of sp³-hybridized carbons (Fsp3) is 0.0833. The predicted molar refractivity (Wildman–Crippen MR) is 68.2 cm³/mol. The minimum Gasteiger partial charge on any atom is -0.201 e. The Labute approximate surface area is 108 Å². The van der Waals surface area contributed by atoms with E-state index >= 15 is 0 Å². The van der Waals surface area contributed by atoms with Gasteiger partial charge >= 0.3 is 0 Å². The van der Waals surface area contributed by atoms with Gasteiger partial charge in [-0.15, -0.1) is 0 Å². The molecule has 0 N–H and O–H groups in total. The summed E-state index contributed by atoms with van der Waals surface area (Å²) in [6.07, 6.45) is 4.06. The van der Waals surface area contributed by atoms with Crippen molar-refractivity contribution in [3.63, 3.8) is 0 Å². The van der Waals surface area contributed by atoms with Crippen LogP contribution in [-0.2, 0) is 6.54 Å². The first-order chi connectivity index (χ1) is 8.34. The highest BCUT2D eigenvalue weighted by atomic mass is 35.5. The number of halogens is 1. The number of hydrogen-bond donors (Lipinski definition) is 0. The molecule has 1 aromatic carbocycles. The molecule has 0 atom stereocenters. The lowest BCUT2D eigenvalue weighted by Crippen LogP contribution is -2.32. The zero-order chi connectivity index (χ0) is 11.7. The summed E-state index contributed by atoms with van der Waals surface area (Å²) in [6.45, 7) is 0.778. The summed E-state index contributed by atoms with van der Waals surface area (Å²) < 4.78 is 10.6. The van der Waals surface area contributed by atoms with Crippen molar-refractivity contribution in [2.75, 3.05) is 0 Å². The van der Waals surface area contributed by atoms with Crippen LogP contribution in [0.25, 0.3) is 11.0 Å². The number of pyridine rings is 1. The second kappa shape index (κ2) is 4.39. The lowest BCUT2D eigenvalue weighted by Gasteiger charge is -1.99.